The number of nitrogens with one attached hydrogen (secondary N) is 1. The first-order valence-electron chi connectivity index (χ1n) is 7.25. The summed E-state index contributed by atoms with van der Waals surface area (Å²) in [7, 11) is 3.33. The number of benzene rings is 2. The first kappa shape index (κ1) is 15.2. The van der Waals surface area contributed by atoms with Crippen molar-refractivity contribution in [3.8, 4) is 11.5 Å². The minimum Gasteiger partial charge on any atom is -0.497 e. The summed E-state index contributed by atoms with van der Waals surface area (Å²) in [4.78, 5) is 0. The maximum absolute atomic E-state index is 5.39. The average molecular weight is 285 g/mol. The van der Waals surface area contributed by atoms with Gasteiger partial charge in [-0.25, -0.2) is 0 Å². The molecule has 0 spiro atoms. The van der Waals surface area contributed by atoms with Crippen LogP contribution in [0.25, 0.3) is 0 Å². The Labute approximate surface area is 126 Å². The third-order valence-electron chi connectivity index (χ3n) is 3.67. The molecule has 0 radical (unpaired) electrons. The fourth-order valence-corrected chi connectivity index (χ4v) is 2.32. The van der Waals surface area contributed by atoms with Crippen molar-refractivity contribution in [3.05, 3.63) is 54.1 Å². The Kier molecular flexibility index (Phi) is 5.50. The van der Waals surface area contributed by atoms with Gasteiger partial charge in [0.1, 0.15) is 11.5 Å². The molecule has 112 valence electrons. The van der Waals surface area contributed by atoms with E-state index in [0.717, 1.165) is 30.2 Å². The zero-order chi connectivity index (χ0) is 15.1. The van der Waals surface area contributed by atoms with Crippen molar-refractivity contribution >= 4 is 5.69 Å². The van der Waals surface area contributed by atoms with Crippen LogP contribution in [0.5, 0.6) is 11.5 Å². The van der Waals surface area contributed by atoms with Crippen molar-refractivity contribution in [2.75, 3.05) is 26.1 Å². The molecule has 0 saturated carbocycles. The van der Waals surface area contributed by atoms with Gasteiger partial charge in [0, 0.05) is 12.6 Å². The highest BCUT2D eigenvalue weighted by Gasteiger charge is 2.07. The largest absolute Gasteiger partial charge is 0.497 e. The lowest BCUT2D eigenvalue weighted by Crippen LogP contribution is -2.07. The molecule has 21 heavy (non-hydrogen) atoms. The summed E-state index contributed by atoms with van der Waals surface area (Å²) in [5.41, 5.74) is 2.37. The third kappa shape index (κ3) is 4.15. The van der Waals surface area contributed by atoms with E-state index in [9.17, 15) is 0 Å². The lowest BCUT2D eigenvalue weighted by molar-refractivity contribution is 0.395. The molecule has 2 aromatic carbocycles. The van der Waals surface area contributed by atoms with Crippen LogP contribution in [-0.4, -0.2) is 20.8 Å². The molecule has 1 atom stereocenters. The zero-order valence-corrected chi connectivity index (χ0v) is 12.9. The summed E-state index contributed by atoms with van der Waals surface area (Å²) in [6.45, 7) is 3.15. The van der Waals surface area contributed by atoms with E-state index in [1.807, 2.05) is 18.2 Å². The minimum absolute atomic E-state index is 0.531. The molecule has 2 rings (SSSR count). The van der Waals surface area contributed by atoms with Gasteiger partial charge in [-0.05, 0) is 30.0 Å². The van der Waals surface area contributed by atoms with Gasteiger partial charge in [-0.15, -0.1) is 0 Å². The van der Waals surface area contributed by atoms with Gasteiger partial charge in [0.2, 0.25) is 0 Å². The topological polar surface area (TPSA) is 30.5 Å². The molecule has 0 fully saturated rings. The molecule has 3 nitrogen and oxygen atoms in total. The third-order valence-corrected chi connectivity index (χ3v) is 3.67. The second-order valence-corrected chi connectivity index (χ2v) is 5.09. The van der Waals surface area contributed by atoms with E-state index in [0.29, 0.717) is 5.92 Å². The van der Waals surface area contributed by atoms with Crippen LogP contribution in [0.3, 0.4) is 0 Å². The zero-order valence-electron chi connectivity index (χ0n) is 12.9. The van der Waals surface area contributed by atoms with Crippen LogP contribution in [0, 0.1) is 0 Å². The van der Waals surface area contributed by atoms with Crippen molar-refractivity contribution in [1.29, 1.82) is 0 Å². The molecular formula is C18H23NO2. The molecule has 0 amide bonds. The Hall–Kier alpha value is -2.16. The van der Waals surface area contributed by atoms with Gasteiger partial charge in [-0.3, -0.25) is 0 Å². The highest BCUT2D eigenvalue weighted by atomic mass is 16.5. The van der Waals surface area contributed by atoms with E-state index in [4.69, 9.17) is 9.47 Å². The van der Waals surface area contributed by atoms with E-state index in [1.165, 1.54) is 5.56 Å². The summed E-state index contributed by atoms with van der Waals surface area (Å²) < 4.78 is 10.6. The second kappa shape index (κ2) is 7.58. The molecule has 1 unspecified atom stereocenters. The molecule has 0 bridgehead atoms. The molecule has 0 aliphatic rings. The Bertz CT molecular complexity index is 554. The Morgan fingerprint density at radius 1 is 1.00 bits per heavy atom. The Morgan fingerprint density at radius 2 is 1.76 bits per heavy atom. The van der Waals surface area contributed by atoms with E-state index >= 15 is 0 Å². The summed E-state index contributed by atoms with van der Waals surface area (Å²) in [6.07, 6.45) is 1.07. The first-order valence-corrected chi connectivity index (χ1v) is 7.25. The second-order valence-electron chi connectivity index (χ2n) is 5.09. The van der Waals surface area contributed by atoms with Crippen molar-refractivity contribution < 1.29 is 9.47 Å². The average Bonchev–Trinajstić information content (AvgIpc) is 2.55. The molecular weight excluding hydrogens is 262 g/mol. The van der Waals surface area contributed by atoms with Crippen LogP contribution in [0.2, 0.25) is 0 Å². The summed E-state index contributed by atoms with van der Waals surface area (Å²) in [6, 6.07) is 16.4. The van der Waals surface area contributed by atoms with Crippen molar-refractivity contribution in [1.82, 2.24) is 0 Å². The first-order chi connectivity index (χ1) is 10.2. The van der Waals surface area contributed by atoms with Gasteiger partial charge in [0.15, 0.2) is 0 Å². The highest BCUT2D eigenvalue weighted by Crippen LogP contribution is 2.29. The predicted molar refractivity (Wildman–Crippen MR) is 87.5 cm³/mol. The number of methoxy groups -OCH3 is 2. The van der Waals surface area contributed by atoms with Gasteiger partial charge in [-0.2, -0.15) is 0 Å². The van der Waals surface area contributed by atoms with Crippen molar-refractivity contribution in [3.63, 3.8) is 0 Å². The Balaban J connectivity index is 1.91. The van der Waals surface area contributed by atoms with Gasteiger partial charge >= 0.3 is 0 Å². The monoisotopic (exact) mass is 285 g/mol. The smallest absolute Gasteiger partial charge is 0.145 e. The molecule has 1 N–H and O–H groups in total. The maximum Gasteiger partial charge on any atom is 0.145 e. The van der Waals surface area contributed by atoms with Crippen LogP contribution >= 0.6 is 0 Å². The van der Waals surface area contributed by atoms with E-state index in [1.54, 1.807) is 14.2 Å². The van der Waals surface area contributed by atoms with Gasteiger partial charge < -0.3 is 14.8 Å². The van der Waals surface area contributed by atoms with Gasteiger partial charge in [0.25, 0.3) is 0 Å². The van der Waals surface area contributed by atoms with Crippen LogP contribution in [-0.2, 0) is 0 Å². The van der Waals surface area contributed by atoms with Crippen LogP contribution < -0.4 is 14.8 Å². The summed E-state index contributed by atoms with van der Waals surface area (Å²) in [5, 5.41) is 3.44. The normalized spacial score (nSPS) is 11.8. The standard InChI is InChI=1S/C18H23NO2/c1-14(15-7-5-4-6-8-15)11-12-19-17-10-9-16(20-2)13-18(17)21-3/h4-10,13-14,19H,11-12H2,1-3H3. The molecule has 0 aliphatic heterocycles. The molecule has 0 aromatic heterocycles. The molecule has 3 heteroatoms. The van der Waals surface area contributed by atoms with Crippen molar-refractivity contribution in [2.24, 2.45) is 0 Å². The van der Waals surface area contributed by atoms with E-state index in [2.05, 4.69) is 42.6 Å². The van der Waals surface area contributed by atoms with Crippen LogP contribution in [0.4, 0.5) is 5.69 Å². The SMILES string of the molecule is COc1ccc(NCCC(C)c2ccccc2)c(OC)c1. The van der Waals surface area contributed by atoms with Crippen molar-refractivity contribution in [2.45, 2.75) is 19.3 Å². The van der Waals surface area contributed by atoms with Gasteiger partial charge in [-0.1, -0.05) is 37.3 Å². The quantitative estimate of drug-likeness (QED) is 0.822. The van der Waals surface area contributed by atoms with E-state index < -0.39 is 0 Å². The Morgan fingerprint density at radius 3 is 2.43 bits per heavy atom. The fraction of sp³-hybridized carbons (Fsp3) is 0.333. The minimum atomic E-state index is 0.531. The number of rotatable bonds is 7. The molecule has 0 saturated heterocycles. The predicted octanol–water partition coefficient (Wildman–Crippen LogP) is 4.31. The lowest BCUT2D eigenvalue weighted by Gasteiger charge is -2.15. The molecule has 2 aromatic rings. The van der Waals surface area contributed by atoms with Crippen LogP contribution in [0.1, 0.15) is 24.8 Å². The lowest BCUT2D eigenvalue weighted by atomic mass is 9.98. The number of anilines is 1. The van der Waals surface area contributed by atoms with E-state index in [-0.39, 0.29) is 0 Å². The summed E-state index contributed by atoms with van der Waals surface area (Å²) >= 11 is 0. The summed E-state index contributed by atoms with van der Waals surface area (Å²) in [5.74, 6) is 2.14. The fourth-order valence-electron chi connectivity index (χ4n) is 2.32. The molecule has 0 heterocycles. The van der Waals surface area contributed by atoms with Crippen LogP contribution in [0.15, 0.2) is 48.5 Å². The number of ether oxygens (including phenoxy) is 2. The number of hydrogen-bond acceptors (Lipinski definition) is 3. The maximum atomic E-state index is 5.39. The highest BCUT2D eigenvalue weighted by molar-refractivity contribution is 5.59. The van der Waals surface area contributed by atoms with Gasteiger partial charge in [0.05, 0.1) is 19.9 Å². The molecule has 0 aliphatic carbocycles. The number of hydrogen-bond donors (Lipinski definition) is 1.